The molecule has 0 bridgehead atoms. The zero-order chi connectivity index (χ0) is 11.1. The highest BCUT2D eigenvalue weighted by molar-refractivity contribution is 6.19. The first-order chi connectivity index (χ1) is 7.07. The van der Waals surface area contributed by atoms with Crippen LogP contribution in [0.2, 0.25) is 0 Å². The Morgan fingerprint density at radius 1 is 1.47 bits per heavy atom. The van der Waals surface area contributed by atoms with E-state index in [0.717, 1.165) is 0 Å². The highest BCUT2D eigenvalue weighted by Crippen LogP contribution is 2.24. The average Bonchev–Trinajstić information content (AvgIpc) is 2.38. The van der Waals surface area contributed by atoms with Gasteiger partial charge in [0.2, 0.25) is 5.91 Å². The maximum atomic E-state index is 11.4. The Morgan fingerprint density at radius 3 is 2.60 bits per heavy atom. The summed E-state index contributed by atoms with van der Waals surface area (Å²) in [5.41, 5.74) is -0.890. The van der Waals surface area contributed by atoms with Crippen LogP contribution in [0.4, 0.5) is 4.79 Å². The molecular formula is C8H10ClN3O3. The first-order valence-corrected chi connectivity index (χ1v) is 5.08. The molecule has 6 nitrogen and oxygen atoms in total. The lowest BCUT2D eigenvalue weighted by molar-refractivity contribution is -0.144. The van der Waals surface area contributed by atoms with Crippen LogP contribution in [0.3, 0.4) is 0 Å². The highest BCUT2D eigenvalue weighted by Gasteiger charge is 2.55. The van der Waals surface area contributed by atoms with Gasteiger partial charge in [0.25, 0.3) is 5.91 Å². The molecule has 2 heterocycles. The molecule has 82 valence electrons. The second kappa shape index (κ2) is 3.37. The van der Waals surface area contributed by atoms with E-state index in [4.69, 9.17) is 11.6 Å². The minimum absolute atomic E-state index is 0.0930. The lowest BCUT2D eigenvalue weighted by atomic mass is 9.90. The number of hydrogen-bond donors (Lipinski definition) is 2. The van der Waals surface area contributed by atoms with Crippen LogP contribution in [0, 0.1) is 0 Å². The fourth-order valence-electron chi connectivity index (χ4n) is 1.77. The van der Waals surface area contributed by atoms with Gasteiger partial charge in [-0.25, -0.2) is 4.79 Å². The lowest BCUT2D eigenvalue weighted by Crippen LogP contribution is -2.71. The van der Waals surface area contributed by atoms with Crippen molar-refractivity contribution >= 4 is 29.4 Å². The zero-order valence-corrected chi connectivity index (χ0v) is 8.63. The summed E-state index contributed by atoms with van der Waals surface area (Å²) in [6.45, 7) is 0.473. The number of nitrogens with one attached hydrogen (secondary N) is 2. The van der Waals surface area contributed by atoms with E-state index in [0.29, 0.717) is 0 Å². The molecule has 0 aromatic heterocycles. The number of likely N-dealkylation sites (tertiary alicyclic amines) is 1. The summed E-state index contributed by atoms with van der Waals surface area (Å²) in [5, 5.41) is 4.67. The first kappa shape index (κ1) is 10.2. The van der Waals surface area contributed by atoms with Gasteiger partial charge in [0.05, 0.1) is 13.1 Å². The Bertz CT molecular complexity index is 338. The van der Waals surface area contributed by atoms with Gasteiger partial charge in [-0.1, -0.05) is 0 Å². The van der Waals surface area contributed by atoms with E-state index in [1.807, 2.05) is 0 Å². The van der Waals surface area contributed by atoms with Crippen molar-refractivity contribution in [2.45, 2.75) is 12.0 Å². The van der Waals surface area contributed by atoms with Crippen molar-refractivity contribution in [3.63, 3.8) is 0 Å². The summed E-state index contributed by atoms with van der Waals surface area (Å²) in [7, 11) is 0. The molecule has 2 rings (SSSR count). The third kappa shape index (κ3) is 1.54. The maximum Gasteiger partial charge on any atom is 0.322 e. The third-order valence-electron chi connectivity index (χ3n) is 2.60. The summed E-state index contributed by atoms with van der Waals surface area (Å²) in [6, 6.07) is -0.496. The quantitative estimate of drug-likeness (QED) is 0.474. The monoisotopic (exact) mass is 231 g/mol. The molecule has 0 unspecified atom stereocenters. The molecular weight excluding hydrogens is 222 g/mol. The second-order valence-electron chi connectivity index (χ2n) is 3.68. The van der Waals surface area contributed by atoms with Crippen molar-refractivity contribution < 1.29 is 14.4 Å². The van der Waals surface area contributed by atoms with Crippen LogP contribution in [0.15, 0.2) is 0 Å². The van der Waals surface area contributed by atoms with E-state index in [9.17, 15) is 14.4 Å². The van der Waals surface area contributed by atoms with E-state index in [1.54, 1.807) is 0 Å². The van der Waals surface area contributed by atoms with Gasteiger partial charge in [0.15, 0.2) is 5.54 Å². The fourth-order valence-corrected chi connectivity index (χ4v) is 1.93. The minimum atomic E-state index is -0.890. The molecule has 0 radical (unpaired) electrons. The van der Waals surface area contributed by atoms with E-state index < -0.39 is 11.6 Å². The third-order valence-corrected chi connectivity index (χ3v) is 2.79. The number of halogens is 1. The first-order valence-electron chi connectivity index (χ1n) is 4.55. The standard InChI is InChI=1S/C8H10ClN3O3/c9-2-1-5(13)12-3-8(4-12)6(14)10-7(15)11-8/h1-4H2,(H2,10,11,14,15). The van der Waals surface area contributed by atoms with Crippen LogP contribution in [0.5, 0.6) is 0 Å². The number of alkyl halides is 1. The molecule has 1 spiro atoms. The number of rotatable bonds is 2. The average molecular weight is 232 g/mol. The number of imide groups is 1. The van der Waals surface area contributed by atoms with Gasteiger partial charge in [0, 0.05) is 12.3 Å². The predicted molar refractivity (Wildman–Crippen MR) is 51.3 cm³/mol. The van der Waals surface area contributed by atoms with Crippen LogP contribution in [-0.4, -0.2) is 47.3 Å². The molecule has 15 heavy (non-hydrogen) atoms. The molecule has 0 aromatic carbocycles. The normalized spacial score (nSPS) is 22.3. The molecule has 4 amide bonds. The summed E-state index contributed by atoms with van der Waals surface area (Å²) in [5.74, 6) is -0.187. The van der Waals surface area contributed by atoms with E-state index in [-0.39, 0.29) is 37.2 Å². The van der Waals surface area contributed by atoms with Gasteiger partial charge in [-0.05, 0) is 0 Å². The molecule has 2 saturated heterocycles. The number of nitrogens with zero attached hydrogens (tertiary/aromatic N) is 1. The van der Waals surface area contributed by atoms with Crippen molar-refractivity contribution in [2.75, 3.05) is 19.0 Å². The smallest absolute Gasteiger partial charge is 0.322 e. The minimum Gasteiger partial charge on any atom is -0.337 e. The Labute approximate surface area is 90.9 Å². The number of hydrogen-bond acceptors (Lipinski definition) is 3. The number of urea groups is 1. The summed E-state index contributed by atoms with van der Waals surface area (Å²) >= 11 is 5.43. The Balaban J connectivity index is 1.94. The Morgan fingerprint density at radius 2 is 2.13 bits per heavy atom. The Kier molecular flexibility index (Phi) is 2.30. The lowest BCUT2D eigenvalue weighted by Gasteiger charge is -2.45. The molecule has 2 fully saturated rings. The second-order valence-corrected chi connectivity index (χ2v) is 4.06. The van der Waals surface area contributed by atoms with Gasteiger partial charge >= 0.3 is 6.03 Å². The van der Waals surface area contributed by atoms with Crippen molar-refractivity contribution in [1.29, 1.82) is 0 Å². The summed E-state index contributed by atoms with van der Waals surface area (Å²) in [4.78, 5) is 35.1. The summed E-state index contributed by atoms with van der Waals surface area (Å²) in [6.07, 6.45) is 0.257. The number of carbonyl (C=O) groups is 3. The highest BCUT2D eigenvalue weighted by atomic mass is 35.5. The van der Waals surface area contributed by atoms with Gasteiger partial charge in [-0.3, -0.25) is 14.9 Å². The topological polar surface area (TPSA) is 78.5 Å². The van der Waals surface area contributed by atoms with E-state index in [2.05, 4.69) is 10.6 Å². The van der Waals surface area contributed by atoms with Gasteiger partial charge in [-0.2, -0.15) is 0 Å². The molecule has 2 aliphatic heterocycles. The maximum absolute atomic E-state index is 11.4. The molecule has 0 atom stereocenters. The number of amides is 4. The van der Waals surface area contributed by atoms with Crippen molar-refractivity contribution in [3.8, 4) is 0 Å². The molecule has 7 heteroatoms. The molecule has 0 aromatic rings. The largest absolute Gasteiger partial charge is 0.337 e. The van der Waals surface area contributed by atoms with Crippen LogP contribution >= 0.6 is 11.6 Å². The SMILES string of the molecule is O=C1NC(=O)C2(CN(C(=O)CCCl)C2)N1. The van der Waals surface area contributed by atoms with Crippen molar-refractivity contribution in [2.24, 2.45) is 0 Å². The number of carbonyl (C=O) groups excluding carboxylic acids is 3. The molecule has 2 aliphatic rings. The van der Waals surface area contributed by atoms with Crippen molar-refractivity contribution in [1.82, 2.24) is 15.5 Å². The summed E-state index contributed by atoms with van der Waals surface area (Å²) < 4.78 is 0. The Hall–Kier alpha value is -1.30. The van der Waals surface area contributed by atoms with Crippen LogP contribution in [0.1, 0.15) is 6.42 Å². The molecule has 0 aliphatic carbocycles. The van der Waals surface area contributed by atoms with Crippen LogP contribution in [-0.2, 0) is 9.59 Å². The van der Waals surface area contributed by atoms with Gasteiger partial charge < -0.3 is 10.2 Å². The fraction of sp³-hybridized carbons (Fsp3) is 0.625. The van der Waals surface area contributed by atoms with E-state index >= 15 is 0 Å². The van der Waals surface area contributed by atoms with Gasteiger partial charge in [0.1, 0.15) is 0 Å². The van der Waals surface area contributed by atoms with Gasteiger partial charge in [-0.15, -0.1) is 11.6 Å². The van der Waals surface area contributed by atoms with Crippen molar-refractivity contribution in [3.05, 3.63) is 0 Å². The predicted octanol–water partition coefficient (Wildman–Crippen LogP) is -0.964. The molecule has 2 N–H and O–H groups in total. The molecule has 0 saturated carbocycles. The van der Waals surface area contributed by atoms with E-state index in [1.165, 1.54) is 4.90 Å². The van der Waals surface area contributed by atoms with Crippen LogP contribution in [0.25, 0.3) is 0 Å². The van der Waals surface area contributed by atoms with Crippen LogP contribution < -0.4 is 10.6 Å². The zero-order valence-electron chi connectivity index (χ0n) is 7.88.